The van der Waals surface area contributed by atoms with Crippen LogP contribution in [0, 0.1) is 0 Å². The van der Waals surface area contributed by atoms with Gasteiger partial charge < -0.3 is 0 Å². The first-order chi connectivity index (χ1) is 11.0. The van der Waals surface area contributed by atoms with E-state index in [9.17, 15) is 13.2 Å². The molecule has 2 aromatic carbocycles. The van der Waals surface area contributed by atoms with Crippen LogP contribution in [0.15, 0.2) is 71.4 Å². The predicted octanol–water partition coefficient (Wildman–Crippen LogP) is 5.24. The van der Waals surface area contributed by atoms with E-state index in [4.69, 9.17) is 0 Å². The van der Waals surface area contributed by atoms with Crippen molar-refractivity contribution in [3.05, 3.63) is 77.6 Å². The second kappa shape index (κ2) is 6.81. The molecule has 0 aromatic heterocycles. The molecule has 23 heavy (non-hydrogen) atoms. The fourth-order valence-corrected chi connectivity index (χ4v) is 3.32. The molecule has 120 valence electrons. The van der Waals surface area contributed by atoms with Crippen molar-refractivity contribution in [2.75, 3.05) is 6.54 Å². The summed E-state index contributed by atoms with van der Waals surface area (Å²) in [5.74, 6) is -1.39. The molecule has 2 aromatic rings. The standard InChI is InChI=1S/C18H16F3NS/c19-17(18(20,21)23-16-8-2-1-3-9-16)10-11-22-12-14-6-4-5-7-15(14)13-22/h1-10H,11-13H2. The first-order valence-electron chi connectivity index (χ1n) is 7.32. The summed E-state index contributed by atoms with van der Waals surface area (Å²) in [5.41, 5.74) is 2.35. The molecular weight excluding hydrogens is 319 g/mol. The number of thioether (sulfide) groups is 1. The Kier molecular flexibility index (Phi) is 4.78. The molecule has 0 unspecified atom stereocenters. The Hall–Kier alpha value is -1.72. The lowest BCUT2D eigenvalue weighted by molar-refractivity contribution is 0.117. The van der Waals surface area contributed by atoms with Crippen LogP contribution in [-0.4, -0.2) is 16.7 Å². The first kappa shape index (κ1) is 16.1. The van der Waals surface area contributed by atoms with Crippen LogP contribution in [0.4, 0.5) is 13.2 Å². The van der Waals surface area contributed by atoms with Crippen LogP contribution in [0.2, 0.25) is 0 Å². The van der Waals surface area contributed by atoms with Gasteiger partial charge in [-0.25, -0.2) is 4.39 Å². The minimum atomic E-state index is -3.55. The molecule has 1 aliphatic heterocycles. The fourth-order valence-electron chi connectivity index (χ4n) is 2.55. The first-order valence-corrected chi connectivity index (χ1v) is 8.13. The number of benzene rings is 2. The van der Waals surface area contributed by atoms with E-state index in [1.165, 1.54) is 11.1 Å². The summed E-state index contributed by atoms with van der Waals surface area (Å²) in [5, 5.41) is -3.55. The molecular formula is C18H16F3NS. The minimum absolute atomic E-state index is 0.172. The summed E-state index contributed by atoms with van der Waals surface area (Å²) in [7, 11) is 0. The van der Waals surface area contributed by atoms with Crippen molar-refractivity contribution in [2.24, 2.45) is 0 Å². The van der Waals surface area contributed by atoms with Crippen molar-refractivity contribution >= 4 is 11.8 Å². The van der Waals surface area contributed by atoms with Crippen LogP contribution in [0.25, 0.3) is 0 Å². The van der Waals surface area contributed by atoms with Crippen LogP contribution in [0.1, 0.15) is 11.1 Å². The Balaban J connectivity index is 1.61. The van der Waals surface area contributed by atoms with E-state index in [1.54, 1.807) is 30.3 Å². The van der Waals surface area contributed by atoms with Crippen LogP contribution >= 0.6 is 11.8 Å². The molecule has 0 bridgehead atoms. The third-order valence-corrected chi connectivity index (χ3v) is 4.66. The Morgan fingerprint density at radius 2 is 1.57 bits per heavy atom. The van der Waals surface area contributed by atoms with Crippen LogP contribution < -0.4 is 0 Å². The molecule has 1 aliphatic rings. The summed E-state index contributed by atoms with van der Waals surface area (Å²) in [4.78, 5) is 2.28. The van der Waals surface area contributed by atoms with Gasteiger partial charge in [-0.15, -0.1) is 0 Å². The molecule has 5 heteroatoms. The van der Waals surface area contributed by atoms with Gasteiger partial charge in [0, 0.05) is 24.5 Å². The van der Waals surface area contributed by atoms with Gasteiger partial charge in [-0.05, 0) is 41.1 Å². The summed E-state index contributed by atoms with van der Waals surface area (Å²) < 4.78 is 41.8. The van der Waals surface area contributed by atoms with Crippen LogP contribution in [0.3, 0.4) is 0 Å². The van der Waals surface area contributed by atoms with Gasteiger partial charge in [0.25, 0.3) is 0 Å². The number of alkyl halides is 2. The van der Waals surface area contributed by atoms with Gasteiger partial charge in [-0.2, -0.15) is 8.78 Å². The van der Waals surface area contributed by atoms with E-state index < -0.39 is 11.1 Å². The van der Waals surface area contributed by atoms with Gasteiger partial charge in [-0.3, -0.25) is 4.90 Å². The number of hydrogen-bond acceptors (Lipinski definition) is 2. The van der Waals surface area contributed by atoms with Gasteiger partial charge in [0.05, 0.1) is 0 Å². The van der Waals surface area contributed by atoms with Gasteiger partial charge in [0.2, 0.25) is 0 Å². The molecule has 0 radical (unpaired) electrons. The smallest absolute Gasteiger partial charge is 0.291 e. The lowest BCUT2D eigenvalue weighted by atomic mass is 10.1. The van der Waals surface area contributed by atoms with E-state index in [1.807, 2.05) is 29.2 Å². The normalized spacial score (nSPS) is 15.7. The number of fused-ring (bicyclic) bond motifs is 1. The summed E-state index contributed by atoms with van der Waals surface area (Å²) in [6.07, 6.45) is 0.988. The highest BCUT2D eigenvalue weighted by molar-refractivity contribution is 8.00. The lowest BCUT2D eigenvalue weighted by Crippen LogP contribution is -2.18. The molecule has 0 amide bonds. The number of rotatable bonds is 5. The highest BCUT2D eigenvalue weighted by Gasteiger charge is 2.36. The van der Waals surface area contributed by atoms with Crippen molar-refractivity contribution in [3.8, 4) is 0 Å². The summed E-state index contributed by atoms with van der Waals surface area (Å²) >= 11 is 0.229. The monoisotopic (exact) mass is 335 g/mol. The molecule has 0 aliphatic carbocycles. The Labute approximate surface area is 137 Å². The second-order valence-electron chi connectivity index (χ2n) is 5.42. The molecule has 0 spiro atoms. The maximum absolute atomic E-state index is 13.9. The zero-order chi connectivity index (χ0) is 16.3. The Morgan fingerprint density at radius 1 is 1.00 bits per heavy atom. The van der Waals surface area contributed by atoms with Crippen molar-refractivity contribution in [1.82, 2.24) is 4.90 Å². The molecule has 3 rings (SSSR count). The quantitative estimate of drug-likeness (QED) is 0.687. The fraction of sp³-hybridized carbons (Fsp3) is 0.222. The third kappa shape index (κ3) is 3.98. The number of nitrogens with zero attached hydrogens (tertiary/aromatic N) is 1. The lowest BCUT2D eigenvalue weighted by Gasteiger charge is -2.16. The molecule has 0 saturated heterocycles. The molecule has 0 N–H and O–H groups in total. The van der Waals surface area contributed by atoms with Crippen LogP contribution in [-0.2, 0) is 13.1 Å². The minimum Gasteiger partial charge on any atom is -0.291 e. The molecule has 1 heterocycles. The molecule has 0 atom stereocenters. The summed E-state index contributed by atoms with van der Waals surface area (Å²) in [6, 6.07) is 16.0. The van der Waals surface area contributed by atoms with Crippen molar-refractivity contribution in [2.45, 2.75) is 23.2 Å². The molecule has 1 nitrogen and oxygen atoms in total. The average molecular weight is 335 g/mol. The van der Waals surface area contributed by atoms with E-state index in [0.29, 0.717) is 18.0 Å². The maximum atomic E-state index is 13.9. The van der Waals surface area contributed by atoms with E-state index in [-0.39, 0.29) is 18.3 Å². The Bertz CT molecular complexity index is 675. The van der Waals surface area contributed by atoms with Crippen molar-refractivity contribution < 1.29 is 13.2 Å². The predicted molar refractivity (Wildman–Crippen MR) is 87.0 cm³/mol. The molecule has 0 saturated carbocycles. The largest absolute Gasteiger partial charge is 0.348 e. The summed E-state index contributed by atoms with van der Waals surface area (Å²) in [6.45, 7) is 1.50. The van der Waals surface area contributed by atoms with Crippen molar-refractivity contribution in [1.29, 1.82) is 0 Å². The van der Waals surface area contributed by atoms with Gasteiger partial charge in [0.1, 0.15) is 0 Å². The van der Waals surface area contributed by atoms with E-state index >= 15 is 0 Å². The highest BCUT2D eigenvalue weighted by Crippen LogP contribution is 2.41. The van der Waals surface area contributed by atoms with Crippen molar-refractivity contribution in [3.63, 3.8) is 0 Å². The van der Waals surface area contributed by atoms with Gasteiger partial charge >= 0.3 is 5.25 Å². The van der Waals surface area contributed by atoms with Crippen LogP contribution in [0.5, 0.6) is 0 Å². The number of hydrogen-bond donors (Lipinski definition) is 0. The van der Waals surface area contributed by atoms with Gasteiger partial charge in [-0.1, -0.05) is 42.5 Å². The van der Waals surface area contributed by atoms with E-state index in [0.717, 1.165) is 6.08 Å². The zero-order valence-corrected chi connectivity index (χ0v) is 13.2. The maximum Gasteiger partial charge on any atom is 0.348 e. The average Bonchev–Trinajstić information content (AvgIpc) is 2.96. The zero-order valence-electron chi connectivity index (χ0n) is 12.4. The topological polar surface area (TPSA) is 3.24 Å². The third-order valence-electron chi connectivity index (χ3n) is 3.70. The van der Waals surface area contributed by atoms with Gasteiger partial charge in [0.15, 0.2) is 5.83 Å². The second-order valence-corrected chi connectivity index (χ2v) is 6.61. The SMILES string of the molecule is FC(=CCN1Cc2ccccc2C1)C(F)(F)Sc1ccccc1. The van der Waals surface area contributed by atoms with E-state index in [2.05, 4.69) is 0 Å². The highest BCUT2D eigenvalue weighted by atomic mass is 32.2. The number of halogens is 3. The Morgan fingerprint density at radius 3 is 2.17 bits per heavy atom. The molecule has 0 fully saturated rings.